The molecule has 8 heteroatoms. The van der Waals surface area contributed by atoms with Crippen molar-refractivity contribution in [1.29, 1.82) is 0 Å². The number of nitrogens with one attached hydrogen (secondary N) is 2. The summed E-state index contributed by atoms with van der Waals surface area (Å²) in [7, 11) is 0. The number of likely N-dealkylation sites (tertiary alicyclic amines) is 1. The molecule has 1 aliphatic rings. The molecular formula is C15H22N6OS. The number of piperidine rings is 1. The Hall–Kier alpha value is -1.96. The SMILES string of the molecule is CCNc1ncc(C(=O)N2CCC(c3n[nH]c(CC)n3)CC2)s1. The smallest absolute Gasteiger partial charge is 0.265 e. The van der Waals surface area contributed by atoms with E-state index in [1.54, 1.807) is 6.20 Å². The molecule has 23 heavy (non-hydrogen) atoms. The van der Waals surface area contributed by atoms with Crippen LogP contribution >= 0.6 is 11.3 Å². The zero-order valence-electron chi connectivity index (χ0n) is 13.5. The number of aryl methyl sites for hydroxylation is 1. The van der Waals surface area contributed by atoms with Gasteiger partial charge in [0.1, 0.15) is 10.7 Å². The number of nitrogens with zero attached hydrogens (tertiary/aromatic N) is 4. The lowest BCUT2D eigenvalue weighted by atomic mass is 9.96. The molecule has 0 radical (unpaired) electrons. The van der Waals surface area contributed by atoms with Crippen molar-refractivity contribution in [3.05, 3.63) is 22.7 Å². The van der Waals surface area contributed by atoms with Crippen molar-refractivity contribution in [1.82, 2.24) is 25.1 Å². The second-order valence-electron chi connectivity index (χ2n) is 5.62. The van der Waals surface area contributed by atoms with Crippen LogP contribution in [0.5, 0.6) is 0 Å². The molecule has 7 nitrogen and oxygen atoms in total. The summed E-state index contributed by atoms with van der Waals surface area (Å²) >= 11 is 1.42. The highest BCUT2D eigenvalue weighted by atomic mass is 32.1. The fourth-order valence-electron chi connectivity index (χ4n) is 2.75. The lowest BCUT2D eigenvalue weighted by Crippen LogP contribution is -2.37. The minimum Gasteiger partial charge on any atom is -0.362 e. The molecule has 3 heterocycles. The van der Waals surface area contributed by atoms with Crippen LogP contribution in [0.15, 0.2) is 6.20 Å². The summed E-state index contributed by atoms with van der Waals surface area (Å²) in [6.45, 7) is 6.37. The van der Waals surface area contributed by atoms with Gasteiger partial charge in [-0.05, 0) is 19.8 Å². The number of rotatable bonds is 5. The Bertz CT molecular complexity index is 658. The molecule has 0 aliphatic carbocycles. The van der Waals surface area contributed by atoms with E-state index in [9.17, 15) is 4.79 Å². The van der Waals surface area contributed by atoms with Crippen LogP contribution in [0, 0.1) is 0 Å². The number of aromatic nitrogens is 4. The van der Waals surface area contributed by atoms with E-state index in [0.29, 0.717) is 10.8 Å². The van der Waals surface area contributed by atoms with Crippen molar-refractivity contribution in [3.63, 3.8) is 0 Å². The van der Waals surface area contributed by atoms with E-state index in [4.69, 9.17) is 0 Å². The van der Waals surface area contributed by atoms with Gasteiger partial charge in [0, 0.05) is 32.0 Å². The van der Waals surface area contributed by atoms with Gasteiger partial charge in [0.15, 0.2) is 11.0 Å². The van der Waals surface area contributed by atoms with E-state index in [2.05, 4.69) is 32.4 Å². The van der Waals surface area contributed by atoms with Crippen molar-refractivity contribution >= 4 is 22.4 Å². The van der Waals surface area contributed by atoms with Gasteiger partial charge >= 0.3 is 0 Å². The number of thiazole rings is 1. The fourth-order valence-corrected chi connectivity index (χ4v) is 3.61. The molecule has 2 aromatic rings. The highest BCUT2D eigenvalue weighted by molar-refractivity contribution is 7.17. The highest BCUT2D eigenvalue weighted by Crippen LogP contribution is 2.27. The molecule has 2 N–H and O–H groups in total. The Morgan fingerprint density at radius 1 is 1.43 bits per heavy atom. The molecule has 3 rings (SSSR count). The lowest BCUT2D eigenvalue weighted by molar-refractivity contribution is 0.0716. The Morgan fingerprint density at radius 2 is 2.22 bits per heavy atom. The van der Waals surface area contributed by atoms with Gasteiger partial charge in [-0.15, -0.1) is 0 Å². The minimum absolute atomic E-state index is 0.0781. The first-order valence-electron chi connectivity index (χ1n) is 8.11. The van der Waals surface area contributed by atoms with E-state index >= 15 is 0 Å². The normalized spacial score (nSPS) is 15.8. The Balaban J connectivity index is 1.58. The van der Waals surface area contributed by atoms with Gasteiger partial charge in [0.05, 0.1) is 6.20 Å². The minimum atomic E-state index is 0.0781. The Morgan fingerprint density at radius 3 is 2.87 bits per heavy atom. The average molecular weight is 334 g/mol. The molecule has 124 valence electrons. The molecule has 0 aromatic carbocycles. The van der Waals surface area contributed by atoms with Crippen LogP contribution in [0.2, 0.25) is 0 Å². The summed E-state index contributed by atoms with van der Waals surface area (Å²) in [5.74, 6) is 2.24. The third-order valence-electron chi connectivity index (χ3n) is 4.08. The first-order valence-corrected chi connectivity index (χ1v) is 8.93. The maximum atomic E-state index is 12.5. The van der Waals surface area contributed by atoms with Gasteiger partial charge in [0.25, 0.3) is 5.91 Å². The number of hydrogen-bond acceptors (Lipinski definition) is 6. The summed E-state index contributed by atoms with van der Waals surface area (Å²) in [6.07, 6.45) is 4.35. The quantitative estimate of drug-likeness (QED) is 0.876. The fraction of sp³-hybridized carbons (Fsp3) is 0.600. The largest absolute Gasteiger partial charge is 0.362 e. The van der Waals surface area contributed by atoms with E-state index in [0.717, 1.165) is 55.7 Å². The summed E-state index contributed by atoms with van der Waals surface area (Å²) < 4.78 is 0. The third kappa shape index (κ3) is 3.52. The van der Waals surface area contributed by atoms with Crippen molar-refractivity contribution in [2.45, 2.75) is 39.0 Å². The average Bonchev–Trinajstić information content (AvgIpc) is 3.24. The molecule has 0 spiro atoms. The van der Waals surface area contributed by atoms with Crippen molar-refractivity contribution < 1.29 is 4.79 Å². The molecule has 1 amide bonds. The van der Waals surface area contributed by atoms with Crippen LogP contribution in [0.1, 0.15) is 53.9 Å². The van der Waals surface area contributed by atoms with Gasteiger partial charge in [-0.1, -0.05) is 18.3 Å². The molecule has 0 saturated carbocycles. The zero-order chi connectivity index (χ0) is 16.2. The van der Waals surface area contributed by atoms with E-state index in [-0.39, 0.29) is 5.91 Å². The topological polar surface area (TPSA) is 86.8 Å². The molecular weight excluding hydrogens is 312 g/mol. The monoisotopic (exact) mass is 334 g/mol. The molecule has 1 fully saturated rings. The van der Waals surface area contributed by atoms with Gasteiger partial charge in [-0.25, -0.2) is 9.97 Å². The molecule has 0 atom stereocenters. The van der Waals surface area contributed by atoms with E-state index in [1.165, 1.54) is 11.3 Å². The summed E-state index contributed by atoms with van der Waals surface area (Å²) in [6, 6.07) is 0. The van der Waals surface area contributed by atoms with Crippen LogP contribution in [0.3, 0.4) is 0 Å². The van der Waals surface area contributed by atoms with Gasteiger partial charge in [0.2, 0.25) is 0 Å². The second kappa shape index (κ2) is 7.08. The number of carbonyl (C=O) groups is 1. The number of carbonyl (C=O) groups excluding carboxylic acids is 1. The highest BCUT2D eigenvalue weighted by Gasteiger charge is 2.27. The van der Waals surface area contributed by atoms with E-state index < -0.39 is 0 Å². The number of H-pyrrole nitrogens is 1. The molecule has 1 saturated heterocycles. The number of hydrogen-bond donors (Lipinski definition) is 2. The Kier molecular flexibility index (Phi) is 4.90. The van der Waals surface area contributed by atoms with Crippen LogP contribution in [-0.4, -0.2) is 50.6 Å². The van der Waals surface area contributed by atoms with Crippen LogP contribution < -0.4 is 5.32 Å². The number of aromatic amines is 1. The van der Waals surface area contributed by atoms with E-state index in [1.807, 2.05) is 11.8 Å². The maximum absolute atomic E-state index is 12.5. The second-order valence-corrected chi connectivity index (χ2v) is 6.65. The molecule has 0 unspecified atom stereocenters. The first kappa shape index (κ1) is 15.9. The van der Waals surface area contributed by atoms with Gasteiger partial charge < -0.3 is 10.2 Å². The molecule has 1 aliphatic heterocycles. The van der Waals surface area contributed by atoms with Crippen molar-refractivity contribution in [3.8, 4) is 0 Å². The molecule has 2 aromatic heterocycles. The van der Waals surface area contributed by atoms with Gasteiger partial charge in [-0.2, -0.15) is 5.10 Å². The van der Waals surface area contributed by atoms with Crippen LogP contribution in [0.25, 0.3) is 0 Å². The lowest BCUT2D eigenvalue weighted by Gasteiger charge is -2.30. The summed E-state index contributed by atoms with van der Waals surface area (Å²) in [5, 5.41) is 11.2. The first-order chi connectivity index (χ1) is 11.2. The summed E-state index contributed by atoms with van der Waals surface area (Å²) in [5.41, 5.74) is 0. The number of anilines is 1. The third-order valence-corrected chi connectivity index (χ3v) is 5.02. The Labute approximate surface area is 139 Å². The number of amides is 1. The van der Waals surface area contributed by atoms with Crippen molar-refractivity contribution in [2.75, 3.05) is 25.0 Å². The predicted molar refractivity (Wildman–Crippen MR) is 89.9 cm³/mol. The summed E-state index contributed by atoms with van der Waals surface area (Å²) in [4.78, 5) is 23.9. The maximum Gasteiger partial charge on any atom is 0.265 e. The predicted octanol–water partition coefficient (Wildman–Crippen LogP) is 2.28. The van der Waals surface area contributed by atoms with Gasteiger partial charge in [-0.3, -0.25) is 9.89 Å². The zero-order valence-corrected chi connectivity index (χ0v) is 14.3. The van der Waals surface area contributed by atoms with Crippen LogP contribution in [-0.2, 0) is 6.42 Å². The standard InChI is InChI=1S/C15H22N6OS/c1-3-12-18-13(20-19-12)10-5-7-21(8-6-10)14(22)11-9-17-15(23-11)16-4-2/h9-10H,3-8H2,1-2H3,(H,16,17)(H,18,19,20). The van der Waals surface area contributed by atoms with Crippen molar-refractivity contribution in [2.24, 2.45) is 0 Å². The molecule has 0 bridgehead atoms. The van der Waals surface area contributed by atoms with Crippen LogP contribution in [0.4, 0.5) is 5.13 Å².